The molecule has 0 bridgehead atoms. The van der Waals surface area contributed by atoms with E-state index in [1.54, 1.807) is 0 Å². The standard InChI is InChI=1S/C13H16F3NSi/c1-8-10-7-9(13(14,15)16)5-6-11(10)17-12(8)18(2,3)4/h5-7,17H,1-4H3. The summed E-state index contributed by atoms with van der Waals surface area (Å²) in [4.78, 5) is 3.28. The lowest BCUT2D eigenvalue weighted by atomic mass is 10.1. The molecule has 1 aromatic heterocycles. The van der Waals surface area contributed by atoms with Crippen molar-refractivity contribution in [1.82, 2.24) is 4.98 Å². The molecule has 0 spiro atoms. The summed E-state index contributed by atoms with van der Waals surface area (Å²) in [5.41, 5.74) is 1.16. The van der Waals surface area contributed by atoms with Gasteiger partial charge in [-0.3, -0.25) is 0 Å². The number of hydrogen-bond acceptors (Lipinski definition) is 0. The summed E-state index contributed by atoms with van der Waals surface area (Å²) in [6.45, 7) is 8.42. The summed E-state index contributed by atoms with van der Waals surface area (Å²) in [6, 6.07) is 3.89. The molecule has 1 N–H and O–H groups in total. The first kappa shape index (κ1) is 13.2. The number of aryl methyl sites for hydroxylation is 1. The molecule has 0 radical (unpaired) electrons. The van der Waals surface area contributed by atoms with Crippen LogP contribution in [0.5, 0.6) is 0 Å². The lowest BCUT2D eigenvalue weighted by molar-refractivity contribution is -0.137. The van der Waals surface area contributed by atoms with Crippen molar-refractivity contribution in [3.8, 4) is 0 Å². The summed E-state index contributed by atoms with van der Waals surface area (Å²) >= 11 is 0. The molecule has 1 aromatic carbocycles. The summed E-state index contributed by atoms with van der Waals surface area (Å²) in [5.74, 6) is 0. The van der Waals surface area contributed by atoms with E-state index in [9.17, 15) is 13.2 Å². The van der Waals surface area contributed by atoms with E-state index in [4.69, 9.17) is 0 Å². The fraction of sp³-hybridized carbons (Fsp3) is 0.385. The highest BCUT2D eigenvalue weighted by molar-refractivity contribution is 6.88. The molecule has 98 valence electrons. The number of H-pyrrole nitrogens is 1. The summed E-state index contributed by atoms with van der Waals surface area (Å²) in [6.07, 6.45) is -4.28. The monoisotopic (exact) mass is 271 g/mol. The third kappa shape index (κ3) is 2.19. The van der Waals surface area contributed by atoms with Crippen LogP contribution >= 0.6 is 0 Å². The third-order valence-corrected chi connectivity index (χ3v) is 5.14. The van der Waals surface area contributed by atoms with Crippen LogP contribution in [0.25, 0.3) is 10.9 Å². The van der Waals surface area contributed by atoms with Gasteiger partial charge in [-0.2, -0.15) is 13.2 Å². The van der Waals surface area contributed by atoms with Crippen molar-refractivity contribution in [1.29, 1.82) is 0 Å². The zero-order valence-electron chi connectivity index (χ0n) is 10.9. The van der Waals surface area contributed by atoms with Gasteiger partial charge in [-0.15, -0.1) is 0 Å². The van der Waals surface area contributed by atoms with Gasteiger partial charge in [0.2, 0.25) is 0 Å². The van der Waals surface area contributed by atoms with Gasteiger partial charge in [0.15, 0.2) is 0 Å². The van der Waals surface area contributed by atoms with Gasteiger partial charge in [0.05, 0.1) is 13.6 Å². The number of fused-ring (bicyclic) bond motifs is 1. The number of halogens is 3. The topological polar surface area (TPSA) is 15.8 Å². The molecule has 0 atom stereocenters. The molecule has 0 unspecified atom stereocenters. The van der Waals surface area contributed by atoms with Gasteiger partial charge in [0, 0.05) is 16.2 Å². The fourth-order valence-electron chi connectivity index (χ4n) is 2.25. The average Bonchev–Trinajstić information content (AvgIpc) is 2.54. The van der Waals surface area contributed by atoms with Crippen molar-refractivity contribution < 1.29 is 13.2 Å². The van der Waals surface area contributed by atoms with Crippen LogP contribution in [0.15, 0.2) is 18.2 Å². The average molecular weight is 271 g/mol. The normalized spacial score (nSPS) is 13.3. The Morgan fingerprint density at radius 1 is 1.11 bits per heavy atom. The molecule has 2 rings (SSSR count). The lowest BCUT2D eigenvalue weighted by Crippen LogP contribution is -2.40. The van der Waals surface area contributed by atoms with Gasteiger partial charge in [0.1, 0.15) is 0 Å². The SMILES string of the molecule is Cc1c([Si](C)(C)C)[nH]c2ccc(C(F)(F)F)cc12. The van der Waals surface area contributed by atoms with Crippen LogP contribution in [-0.4, -0.2) is 13.1 Å². The number of nitrogens with one attached hydrogen (secondary N) is 1. The minimum absolute atomic E-state index is 0.584. The zero-order valence-corrected chi connectivity index (χ0v) is 11.9. The Labute approximate surface area is 105 Å². The fourth-order valence-corrected chi connectivity index (χ4v) is 4.02. The summed E-state index contributed by atoms with van der Waals surface area (Å²) in [5, 5.41) is 1.80. The first-order valence-electron chi connectivity index (χ1n) is 5.80. The van der Waals surface area contributed by atoms with Crippen molar-refractivity contribution in [2.24, 2.45) is 0 Å². The quantitative estimate of drug-likeness (QED) is 0.753. The number of alkyl halides is 3. The second kappa shape index (κ2) is 3.88. The molecule has 0 fully saturated rings. The summed E-state index contributed by atoms with van der Waals surface area (Å²) < 4.78 is 38.1. The Bertz CT molecular complexity index is 591. The van der Waals surface area contributed by atoms with E-state index < -0.39 is 19.8 Å². The first-order chi connectivity index (χ1) is 8.10. The largest absolute Gasteiger partial charge is 0.416 e. The molecule has 1 heterocycles. The van der Waals surface area contributed by atoms with E-state index in [2.05, 4.69) is 24.6 Å². The number of rotatable bonds is 1. The highest BCUT2D eigenvalue weighted by atomic mass is 28.3. The lowest BCUT2D eigenvalue weighted by Gasteiger charge is -2.15. The van der Waals surface area contributed by atoms with Crippen LogP contribution in [0.4, 0.5) is 13.2 Å². The van der Waals surface area contributed by atoms with Crippen molar-refractivity contribution in [2.45, 2.75) is 32.7 Å². The molecule has 0 aliphatic carbocycles. The van der Waals surface area contributed by atoms with Gasteiger partial charge in [-0.1, -0.05) is 19.6 Å². The molecular weight excluding hydrogens is 255 g/mol. The zero-order chi connectivity index (χ0) is 13.7. The van der Waals surface area contributed by atoms with Gasteiger partial charge in [-0.05, 0) is 30.7 Å². The third-order valence-electron chi connectivity index (χ3n) is 3.14. The Morgan fingerprint density at radius 2 is 1.72 bits per heavy atom. The highest BCUT2D eigenvalue weighted by Gasteiger charge is 2.31. The van der Waals surface area contributed by atoms with Gasteiger partial charge in [0.25, 0.3) is 0 Å². The minimum atomic E-state index is -4.28. The van der Waals surface area contributed by atoms with Crippen molar-refractivity contribution in [3.63, 3.8) is 0 Å². The maximum atomic E-state index is 12.7. The Morgan fingerprint density at radius 3 is 2.22 bits per heavy atom. The number of benzene rings is 1. The maximum Gasteiger partial charge on any atom is 0.416 e. The van der Waals surface area contributed by atoms with Crippen LogP contribution in [0.3, 0.4) is 0 Å². The molecule has 5 heteroatoms. The van der Waals surface area contributed by atoms with E-state index in [1.165, 1.54) is 12.1 Å². The molecule has 0 aliphatic rings. The molecule has 0 saturated heterocycles. The van der Waals surface area contributed by atoms with E-state index in [0.717, 1.165) is 22.5 Å². The molecule has 18 heavy (non-hydrogen) atoms. The number of aromatic nitrogens is 1. The minimum Gasteiger partial charge on any atom is -0.362 e. The van der Waals surface area contributed by atoms with Crippen LogP contribution < -0.4 is 5.32 Å². The molecular formula is C13H16F3NSi. The molecule has 0 amide bonds. The van der Waals surface area contributed by atoms with E-state index in [-0.39, 0.29) is 0 Å². The van der Waals surface area contributed by atoms with Crippen molar-refractivity contribution in [2.75, 3.05) is 0 Å². The molecule has 1 nitrogen and oxygen atoms in total. The van der Waals surface area contributed by atoms with Gasteiger partial charge in [-0.25, -0.2) is 0 Å². The Balaban J connectivity index is 2.68. The van der Waals surface area contributed by atoms with E-state index in [0.29, 0.717) is 5.39 Å². The second-order valence-corrected chi connectivity index (χ2v) is 10.6. The predicted octanol–water partition coefficient (Wildman–Crippen LogP) is 4.04. The van der Waals surface area contributed by atoms with E-state index in [1.807, 2.05) is 6.92 Å². The van der Waals surface area contributed by atoms with E-state index >= 15 is 0 Å². The van der Waals surface area contributed by atoms with Crippen LogP contribution in [0, 0.1) is 6.92 Å². The second-order valence-electron chi connectivity index (χ2n) is 5.63. The predicted molar refractivity (Wildman–Crippen MR) is 71.0 cm³/mol. The van der Waals surface area contributed by atoms with Crippen LogP contribution in [-0.2, 0) is 6.18 Å². The Kier molecular flexibility index (Phi) is 2.85. The maximum absolute atomic E-state index is 12.7. The van der Waals surface area contributed by atoms with Crippen LogP contribution in [0.2, 0.25) is 19.6 Å². The van der Waals surface area contributed by atoms with Gasteiger partial charge < -0.3 is 4.98 Å². The van der Waals surface area contributed by atoms with Gasteiger partial charge >= 0.3 is 6.18 Å². The number of hydrogen-bond donors (Lipinski definition) is 1. The number of aromatic amines is 1. The molecule has 0 saturated carbocycles. The molecule has 0 aliphatic heterocycles. The van der Waals surface area contributed by atoms with Crippen LogP contribution in [0.1, 0.15) is 11.1 Å². The van der Waals surface area contributed by atoms with Crippen molar-refractivity contribution in [3.05, 3.63) is 29.3 Å². The first-order valence-corrected chi connectivity index (χ1v) is 9.30. The van der Waals surface area contributed by atoms with Crippen molar-refractivity contribution >= 4 is 24.3 Å². The highest BCUT2D eigenvalue weighted by Crippen LogP contribution is 2.32. The summed E-state index contributed by atoms with van der Waals surface area (Å²) in [7, 11) is -1.56. The Hall–Kier alpha value is -1.23. The smallest absolute Gasteiger partial charge is 0.362 e. The molecule has 2 aromatic rings.